The van der Waals surface area contributed by atoms with Gasteiger partial charge in [0, 0.05) is 19.3 Å². The number of hydrogen-bond donors (Lipinski definition) is 0. The molecule has 4 atom stereocenters. The third-order valence-corrected chi connectivity index (χ3v) is 6.42. The van der Waals surface area contributed by atoms with Crippen molar-refractivity contribution < 1.29 is 28.5 Å². The molecule has 0 N–H and O–H groups in total. The van der Waals surface area contributed by atoms with Crippen LogP contribution < -0.4 is 0 Å². The lowest BCUT2D eigenvalue weighted by molar-refractivity contribution is -0.115. The van der Waals surface area contributed by atoms with Gasteiger partial charge in [-0.3, -0.25) is 9.59 Å². The normalized spacial score (nSPS) is 34.5. The summed E-state index contributed by atoms with van der Waals surface area (Å²) in [5.41, 5.74) is 3.33. The Labute approximate surface area is 191 Å². The van der Waals surface area contributed by atoms with Gasteiger partial charge in [0.15, 0.2) is 24.1 Å². The predicted octanol–water partition coefficient (Wildman–Crippen LogP) is 3.77. The van der Waals surface area contributed by atoms with Crippen LogP contribution in [0.2, 0.25) is 0 Å². The zero-order valence-corrected chi connectivity index (χ0v) is 18.7. The van der Waals surface area contributed by atoms with Crippen molar-refractivity contribution in [3.05, 3.63) is 46.6 Å². The highest BCUT2D eigenvalue weighted by Crippen LogP contribution is 2.30. The number of allylic oxidation sites excluding steroid dienone is 6. The van der Waals surface area contributed by atoms with Gasteiger partial charge in [-0.05, 0) is 36.1 Å². The summed E-state index contributed by atoms with van der Waals surface area (Å²) >= 11 is 11.6. The molecule has 0 aromatic rings. The van der Waals surface area contributed by atoms with E-state index in [2.05, 4.69) is 0 Å². The first kappa shape index (κ1) is 22.9. The summed E-state index contributed by atoms with van der Waals surface area (Å²) in [5.74, 6) is 0.855. The van der Waals surface area contributed by atoms with Crippen molar-refractivity contribution >= 4 is 34.8 Å². The van der Waals surface area contributed by atoms with Crippen molar-refractivity contribution in [3.8, 4) is 0 Å². The fraction of sp³-hybridized carbons (Fsp3) is 0.565. The van der Waals surface area contributed by atoms with Crippen molar-refractivity contribution in [1.82, 2.24) is 0 Å². The van der Waals surface area contributed by atoms with Crippen molar-refractivity contribution in [2.45, 2.75) is 56.9 Å². The van der Waals surface area contributed by atoms with Crippen LogP contribution in [-0.2, 0) is 28.5 Å². The Balaban J connectivity index is 1.33. The molecule has 6 nitrogen and oxygen atoms in total. The number of alkyl halides is 2. The van der Waals surface area contributed by atoms with Gasteiger partial charge in [0.25, 0.3) is 0 Å². The van der Waals surface area contributed by atoms with E-state index < -0.39 is 12.6 Å². The Bertz CT molecular complexity index is 775. The summed E-state index contributed by atoms with van der Waals surface area (Å²) < 4.78 is 22.3. The molecule has 4 rings (SSSR count). The molecular formula is C23H26Cl2O6. The standard InChI is InChI=1S/C23H26Cl2O6/c24-10-18-12-28-22(30-18)7-14-1-3-16(20(26)5-14)9-17-4-2-15(6-21(17)27)8-23-29-13-19(11-25)31-23/h3-4,7-8,18-19,22-23H,1-2,5-6,9-13H2. The van der Waals surface area contributed by atoms with E-state index in [1.807, 2.05) is 24.3 Å². The van der Waals surface area contributed by atoms with E-state index in [1.165, 1.54) is 0 Å². The molecule has 2 heterocycles. The molecule has 0 bridgehead atoms. The summed E-state index contributed by atoms with van der Waals surface area (Å²) in [6.07, 6.45) is 8.80. The van der Waals surface area contributed by atoms with E-state index in [0.29, 0.717) is 68.2 Å². The summed E-state index contributed by atoms with van der Waals surface area (Å²) in [6, 6.07) is 0. The van der Waals surface area contributed by atoms with Crippen molar-refractivity contribution in [2.75, 3.05) is 25.0 Å². The Morgan fingerprint density at radius 2 is 1.26 bits per heavy atom. The summed E-state index contributed by atoms with van der Waals surface area (Å²) in [6.45, 7) is 0.929. The Morgan fingerprint density at radius 3 is 1.61 bits per heavy atom. The molecule has 0 saturated carbocycles. The molecule has 0 aromatic carbocycles. The van der Waals surface area contributed by atoms with Crippen LogP contribution in [0.5, 0.6) is 0 Å². The second kappa shape index (κ2) is 10.6. The lowest BCUT2D eigenvalue weighted by Gasteiger charge is -2.20. The quantitative estimate of drug-likeness (QED) is 0.436. The smallest absolute Gasteiger partial charge is 0.177 e. The molecule has 0 spiro atoms. The zero-order chi connectivity index (χ0) is 21.8. The SMILES string of the molecule is O=C1CC(=CC2OCC(CCl)O2)CC=C1CC1=CCC(=CC2OCC(CCl)O2)CC1=O. The molecule has 2 aliphatic heterocycles. The summed E-state index contributed by atoms with van der Waals surface area (Å²) in [4.78, 5) is 25.3. The van der Waals surface area contributed by atoms with Gasteiger partial charge in [-0.25, -0.2) is 0 Å². The number of carbonyl (C=O) groups is 2. The van der Waals surface area contributed by atoms with Crippen molar-refractivity contribution in [1.29, 1.82) is 0 Å². The van der Waals surface area contributed by atoms with E-state index in [-0.39, 0.29) is 23.8 Å². The van der Waals surface area contributed by atoms with E-state index in [9.17, 15) is 9.59 Å². The van der Waals surface area contributed by atoms with Crippen LogP contribution in [0, 0.1) is 0 Å². The van der Waals surface area contributed by atoms with Gasteiger partial charge >= 0.3 is 0 Å². The first-order valence-electron chi connectivity index (χ1n) is 10.5. The molecule has 0 aromatic heterocycles. The molecule has 2 aliphatic carbocycles. The molecule has 0 radical (unpaired) electrons. The topological polar surface area (TPSA) is 71.1 Å². The minimum atomic E-state index is -0.443. The average molecular weight is 469 g/mol. The molecular weight excluding hydrogens is 443 g/mol. The van der Waals surface area contributed by atoms with Gasteiger partial charge in [0.1, 0.15) is 0 Å². The molecule has 4 unspecified atom stereocenters. The van der Waals surface area contributed by atoms with Crippen molar-refractivity contribution in [2.24, 2.45) is 0 Å². The number of hydrogen-bond acceptors (Lipinski definition) is 6. The van der Waals surface area contributed by atoms with Gasteiger partial charge < -0.3 is 18.9 Å². The average Bonchev–Trinajstić information content (AvgIpc) is 3.41. The molecule has 168 valence electrons. The third-order valence-electron chi connectivity index (χ3n) is 5.73. The van der Waals surface area contributed by atoms with Crippen molar-refractivity contribution in [3.63, 3.8) is 0 Å². The van der Waals surface area contributed by atoms with Crippen LogP contribution in [0.15, 0.2) is 46.6 Å². The first-order chi connectivity index (χ1) is 15.0. The van der Waals surface area contributed by atoms with E-state index in [1.54, 1.807) is 0 Å². The monoisotopic (exact) mass is 468 g/mol. The maximum atomic E-state index is 12.6. The number of ether oxygens (including phenoxy) is 4. The minimum Gasteiger partial charge on any atom is -0.346 e. The Morgan fingerprint density at radius 1 is 0.806 bits per heavy atom. The molecule has 0 amide bonds. The number of rotatable bonds is 6. The maximum Gasteiger partial charge on any atom is 0.177 e. The number of ketones is 2. The fourth-order valence-corrected chi connectivity index (χ4v) is 4.31. The van der Waals surface area contributed by atoms with Gasteiger partial charge in [-0.15, -0.1) is 23.2 Å². The van der Waals surface area contributed by atoms with Gasteiger partial charge in [-0.1, -0.05) is 23.3 Å². The molecule has 4 aliphatic rings. The zero-order valence-electron chi connectivity index (χ0n) is 17.2. The number of carbonyl (C=O) groups excluding carboxylic acids is 2. The lowest BCUT2D eigenvalue weighted by atomic mass is 9.85. The van der Waals surface area contributed by atoms with E-state index >= 15 is 0 Å². The number of halogens is 2. The van der Waals surface area contributed by atoms with Gasteiger partial charge in [0.05, 0.1) is 37.2 Å². The highest BCUT2D eigenvalue weighted by molar-refractivity contribution is 6.18. The second-order valence-corrected chi connectivity index (χ2v) is 8.74. The molecule has 31 heavy (non-hydrogen) atoms. The van der Waals surface area contributed by atoms with E-state index in [4.69, 9.17) is 42.1 Å². The van der Waals surface area contributed by atoms with Crippen LogP contribution in [0.25, 0.3) is 0 Å². The molecule has 8 heteroatoms. The van der Waals surface area contributed by atoms with E-state index in [0.717, 1.165) is 11.1 Å². The second-order valence-electron chi connectivity index (χ2n) is 8.12. The van der Waals surface area contributed by atoms with Gasteiger partial charge in [-0.2, -0.15) is 0 Å². The fourth-order valence-electron chi connectivity index (χ4n) is 3.98. The molecule has 2 fully saturated rings. The lowest BCUT2D eigenvalue weighted by Crippen LogP contribution is -2.17. The summed E-state index contributed by atoms with van der Waals surface area (Å²) in [5, 5.41) is 0. The number of Topliss-reactive ketones (excluding diaryl/α,β-unsaturated/α-hetero) is 2. The highest BCUT2D eigenvalue weighted by Gasteiger charge is 2.28. The first-order valence-corrected chi connectivity index (χ1v) is 11.6. The largest absolute Gasteiger partial charge is 0.346 e. The Hall–Kier alpha value is -1.28. The van der Waals surface area contributed by atoms with Gasteiger partial charge in [0.2, 0.25) is 0 Å². The highest BCUT2D eigenvalue weighted by atomic mass is 35.5. The third kappa shape index (κ3) is 5.95. The Kier molecular flexibility index (Phi) is 7.80. The maximum absolute atomic E-state index is 12.6. The van der Waals surface area contributed by atoms with Crippen LogP contribution in [0.1, 0.15) is 32.1 Å². The summed E-state index contributed by atoms with van der Waals surface area (Å²) in [7, 11) is 0. The minimum absolute atomic E-state index is 0.0410. The van der Waals surface area contributed by atoms with Crippen LogP contribution >= 0.6 is 23.2 Å². The predicted molar refractivity (Wildman–Crippen MR) is 116 cm³/mol. The van der Waals surface area contributed by atoms with Crippen LogP contribution in [0.3, 0.4) is 0 Å². The molecule has 2 saturated heterocycles. The van der Waals surface area contributed by atoms with Crippen LogP contribution in [0.4, 0.5) is 0 Å². The van der Waals surface area contributed by atoms with Crippen LogP contribution in [-0.4, -0.2) is 61.3 Å².